The number of rotatable bonds is 8. The minimum Gasteiger partial charge on any atom is -0.497 e. The number of amides is 2. The van der Waals surface area contributed by atoms with Crippen LogP contribution < -0.4 is 25.0 Å². The lowest BCUT2D eigenvalue weighted by atomic mass is 10.0. The van der Waals surface area contributed by atoms with Crippen LogP contribution in [0.4, 0.5) is 5.69 Å². The summed E-state index contributed by atoms with van der Waals surface area (Å²) in [6.45, 7) is 5.08. The molecule has 3 rings (SSSR count). The van der Waals surface area contributed by atoms with Crippen molar-refractivity contribution >= 4 is 17.5 Å². The normalized spacial score (nSPS) is 17.8. The molecule has 166 valence electrons. The molecule has 1 aliphatic heterocycles. The van der Waals surface area contributed by atoms with Gasteiger partial charge in [-0.3, -0.25) is 9.59 Å². The molecule has 1 saturated heterocycles. The van der Waals surface area contributed by atoms with Crippen molar-refractivity contribution < 1.29 is 24.0 Å². The fraction of sp³-hybridized carbons (Fsp3) is 0.417. The van der Waals surface area contributed by atoms with Gasteiger partial charge in [-0.05, 0) is 37.1 Å². The Kier molecular flexibility index (Phi) is 7.52. The van der Waals surface area contributed by atoms with Crippen LogP contribution in [0.1, 0.15) is 35.6 Å². The molecule has 0 bridgehead atoms. The Hall–Kier alpha value is -3.06. The average molecular weight is 427 g/mol. The number of para-hydroxylation sites is 1. The molecule has 1 unspecified atom stereocenters. The van der Waals surface area contributed by atoms with E-state index < -0.39 is 0 Å². The number of methoxy groups -OCH3 is 2. The maximum absolute atomic E-state index is 12.6. The average Bonchev–Trinajstić information content (AvgIpc) is 3.22. The van der Waals surface area contributed by atoms with Gasteiger partial charge in [0, 0.05) is 24.6 Å². The van der Waals surface area contributed by atoms with E-state index in [4.69, 9.17) is 9.47 Å². The van der Waals surface area contributed by atoms with Gasteiger partial charge in [0.05, 0.1) is 32.9 Å². The van der Waals surface area contributed by atoms with Crippen molar-refractivity contribution in [3.8, 4) is 11.5 Å². The Bertz CT molecular complexity index is 924. The van der Waals surface area contributed by atoms with Crippen LogP contribution in [0, 0.1) is 13.8 Å². The van der Waals surface area contributed by atoms with Gasteiger partial charge < -0.3 is 25.0 Å². The van der Waals surface area contributed by atoms with Crippen LogP contribution in [0.3, 0.4) is 0 Å². The largest absolute Gasteiger partial charge is 0.497 e. The van der Waals surface area contributed by atoms with E-state index in [0.717, 1.165) is 53.3 Å². The summed E-state index contributed by atoms with van der Waals surface area (Å²) >= 11 is 0. The molecular formula is C24H32N3O4+. The van der Waals surface area contributed by atoms with E-state index in [9.17, 15) is 9.59 Å². The highest BCUT2D eigenvalue weighted by atomic mass is 16.5. The van der Waals surface area contributed by atoms with Gasteiger partial charge in [-0.25, -0.2) is 0 Å². The second kappa shape index (κ2) is 10.3. The Labute approximate surface area is 183 Å². The summed E-state index contributed by atoms with van der Waals surface area (Å²) in [4.78, 5) is 26.1. The number of carbonyl (C=O) groups is 2. The third-order valence-electron chi connectivity index (χ3n) is 5.88. The van der Waals surface area contributed by atoms with E-state index in [1.807, 2.05) is 50.2 Å². The van der Waals surface area contributed by atoms with Crippen molar-refractivity contribution in [1.82, 2.24) is 5.32 Å². The molecule has 1 fully saturated rings. The number of likely N-dealkylation sites (tertiary alicyclic amines) is 1. The van der Waals surface area contributed by atoms with E-state index in [-0.39, 0.29) is 24.4 Å². The van der Waals surface area contributed by atoms with Crippen molar-refractivity contribution in [3.05, 3.63) is 53.1 Å². The lowest BCUT2D eigenvalue weighted by Crippen LogP contribution is -3.11. The van der Waals surface area contributed by atoms with Gasteiger partial charge in [0.15, 0.2) is 6.54 Å². The number of benzene rings is 2. The molecule has 2 atom stereocenters. The van der Waals surface area contributed by atoms with E-state index >= 15 is 0 Å². The Morgan fingerprint density at radius 1 is 1.06 bits per heavy atom. The van der Waals surface area contributed by atoms with Crippen molar-refractivity contribution in [2.75, 3.05) is 39.2 Å². The van der Waals surface area contributed by atoms with Crippen molar-refractivity contribution in [3.63, 3.8) is 0 Å². The van der Waals surface area contributed by atoms with E-state index in [1.165, 1.54) is 4.90 Å². The first kappa shape index (κ1) is 22.6. The monoisotopic (exact) mass is 426 g/mol. The summed E-state index contributed by atoms with van der Waals surface area (Å²) in [7, 11) is 3.27. The van der Waals surface area contributed by atoms with Crippen LogP contribution >= 0.6 is 0 Å². The Balaban J connectivity index is 1.57. The zero-order chi connectivity index (χ0) is 22.4. The van der Waals surface area contributed by atoms with Crippen LogP contribution in [0.15, 0.2) is 36.4 Å². The smallest absolute Gasteiger partial charge is 0.275 e. The van der Waals surface area contributed by atoms with E-state index in [0.29, 0.717) is 6.54 Å². The zero-order valence-electron chi connectivity index (χ0n) is 18.7. The SMILES string of the molecule is COc1ccc([C@@H]2CCC[NH+]2CC(=O)NCC(=O)Nc2c(C)cccc2C)c(OC)c1. The first-order chi connectivity index (χ1) is 14.9. The van der Waals surface area contributed by atoms with Crippen LogP contribution in [0.2, 0.25) is 0 Å². The molecule has 0 radical (unpaired) electrons. The molecule has 0 aromatic heterocycles. The van der Waals surface area contributed by atoms with Crippen LogP contribution in [-0.2, 0) is 9.59 Å². The molecule has 2 amide bonds. The standard InChI is InChI=1S/C24H31N3O4/c1-16-7-5-8-17(2)24(16)26-22(28)14-25-23(29)15-27-12-6-9-20(27)19-11-10-18(30-3)13-21(19)31-4/h5,7-8,10-11,13,20H,6,9,12,14-15H2,1-4H3,(H,25,29)(H,26,28)/p+1/t20-/m0/s1. The number of aryl methyl sites for hydroxylation is 2. The summed E-state index contributed by atoms with van der Waals surface area (Å²) in [5.41, 5.74) is 3.88. The molecule has 0 saturated carbocycles. The number of ether oxygens (including phenoxy) is 2. The number of nitrogens with one attached hydrogen (secondary N) is 3. The molecule has 2 aromatic carbocycles. The van der Waals surface area contributed by atoms with Crippen LogP contribution in [0.25, 0.3) is 0 Å². The Morgan fingerprint density at radius 2 is 1.81 bits per heavy atom. The molecule has 7 heteroatoms. The fourth-order valence-electron chi connectivity index (χ4n) is 4.25. The highest BCUT2D eigenvalue weighted by Crippen LogP contribution is 2.31. The van der Waals surface area contributed by atoms with Crippen LogP contribution in [-0.4, -0.2) is 45.7 Å². The van der Waals surface area contributed by atoms with Crippen LogP contribution in [0.5, 0.6) is 11.5 Å². The van der Waals surface area contributed by atoms with Gasteiger partial charge in [-0.15, -0.1) is 0 Å². The number of carbonyl (C=O) groups excluding carboxylic acids is 2. The van der Waals surface area contributed by atoms with E-state index in [1.54, 1.807) is 14.2 Å². The third-order valence-corrected chi connectivity index (χ3v) is 5.88. The highest BCUT2D eigenvalue weighted by Gasteiger charge is 2.33. The van der Waals surface area contributed by atoms with Crippen molar-refractivity contribution in [1.29, 1.82) is 0 Å². The van der Waals surface area contributed by atoms with Gasteiger partial charge >= 0.3 is 0 Å². The molecule has 7 nitrogen and oxygen atoms in total. The second-order valence-electron chi connectivity index (χ2n) is 7.98. The first-order valence-electron chi connectivity index (χ1n) is 10.6. The number of hydrogen-bond donors (Lipinski definition) is 3. The summed E-state index contributed by atoms with van der Waals surface area (Å²) in [6, 6.07) is 11.8. The highest BCUT2D eigenvalue weighted by molar-refractivity contribution is 5.95. The quantitative estimate of drug-likeness (QED) is 0.601. The van der Waals surface area contributed by atoms with Gasteiger partial charge in [-0.2, -0.15) is 0 Å². The summed E-state index contributed by atoms with van der Waals surface area (Å²) < 4.78 is 10.9. The predicted molar refractivity (Wildman–Crippen MR) is 120 cm³/mol. The maximum atomic E-state index is 12.6. The van der Waals surface area contributed by atoms with Gasteiger partial charge in [-0.1, -0.05) is 18.2 Å². The van der Waals surface area contributed by atoms with E-state index in [2.05, 4.69) is 10.6 Å². The molecule has 2 aromatic rings. The fourth-order valence-corrected chi connectivity index (χ4v) is 4.25. The molecule has 3 N–H and O–H groups in total. The summed E-state index contributed by atoms with van der Waals surface area (Å²) in [5, 5.41) is 5.66. The number of anilines is 1. The number of quaternary nitrogens is 1. The molecule has 1 aliphatic rings. The van der Waals surface area contributed by atoms with Crippen molar-refractivity contribution in [2.45, 2.75) is 32.7 Å². The minimum atomic E-state index is -0.226. The molecule has 0 aliphatic carbocycles. The summed E-state index contributed by atoms with van der Waals surface area (Å²) in [6.07, 6.45) is 2.02. The van der Waals surface area contributed by atoms with Gasteiger partial charge in [0.2, 0.25) is 5.91 Å². The predicted octanol–water partition coefficient (Wildman–Crippen LogP) is 1.80. The molecule has 0 spiro atoms. The lowest BCUT2D eigenvalue weighted by molar-refractivity contribution is -0.910. The topological polar surface area (TPSA) is 81.1 Å². The van der Waals surface area contributed by atoms with Gasteiger partial charge in [0.1, 0.15) is 17.5 Å². The molecule has 31 heavy (non-hydrogen) atoms. The molecular weight excluding hydrogens is 394 g/mol. The maximum Gasteiger partial charge on any atom is 0.275 e. The minimum absolute atomic E-state index is 0.0452. The zero-order valence-corrected chi connectivity index (χ0v) is 18.7. The Morgan fingerprint density at radius 3 is 2.48 bits per heavy atom. The number of hydrogen-bond acceptors (Lipinski definition) is 4. The third kappa shape index (κ3) is 5.55. The van der Waals surface area contributed by atoms with Gasteiger partial charge in [0.25, 0.3) is 5.91 Å². The second-order valence-corrected chi connectivity index (χ2v) is 7.98. The summed E-state index contributed by atoms with van der Waals surface area (Å²) in [5.74, 6) is 1.16. The molecule has 1 heterocycles. The first-order valence-corrected chi connectivity index (χ1v) is 10.6. The van der Waals surface area contributed by atoms with Crippen molar-refractivity contribution in [2.24, 2.45) is 0 Å². The lowest BCUT2D eigenvalue weighted by Gasteiger charge is -2.23.